The fourth-order valence-corrected chi connectivity index (χ4v) is 4.13. The first kappa shape index (κ1) is 23.3. The Morgan fingerprint density at radius 1 is 0.882 bits per heavy atom. The average molecular weight is 455 g/mol. The topological polar surface area (TPSA) is 49.9 Å². The van der Waals surface area contributed by atoms with E-state index in [0.29, 0.717) is 35.0 Å². The molecule has 3 aromatic carbocycles. The fraction of sp³-hybridized carbons (Fsp3) is 0.241. The lowest BCUT2D eigenvalue weighted by molar-refractivity contribution is -0.120. The molecular formula is C29H30N2O3. The number of aryl methyl sites for hydroxylation is 2. The van der Waals surface area contributed by atoms with Crippen molar-refractivity contribution in [3.05, 3.63) is 95.2 Å². The molecule has 0 saturated carbocycles. The Balaban J connectivity index is 1.80. The van der Waals surface area contributed by atoms with Crippen LogP contribution in [0, 0.1) is 19.8 Å². The van der Waals surface area contributed by atoms with Gasteiger partial charge in [-0.3, -0.25) is 9.59 Å². The van der Waals surface area contributed by atoms with E-state index in [0.717, 1.165) is 22.6 Å². The molecule has 0 atom stereocenters. The Kier molecular flexibility index (Phi) is 6.55. The van der Waals surface area contributed by atoms with Gasteiger partial charge in [-0.2, -0.15) is 0 Å². The smallest absolute Gasteiger partial charge is 0.282 e. The molecule has 3 aromatic rings. The zero-order chi connectivity index (χ0) is 24.4. The summed E-state index contributed by atoms with van der Waals surface area (Å²) in [5, 5.41) is 0. The number of amides is 2. The maximum atomic E-state index is 13.8. The third kappa shape index (κ3) is 4.46. The number of hydrogen-bond acceptors (Lipinski definition) is 4. The van der Waals surface area contributed by atoms with Gasteiger partial charge in [0.25, 0.3) is 11.8 Å². The predicted molar refractivity (Wildman–Crippen MR) is 137 cm³/mol. The Bertz CT molecular complexity index is 1240. The molecule has 0 saturated heterocycles. The van der Waals surface area contributed by atoms with Crippen LogP contribution in [0.4, 0.5) is 11.4 Å². The van der Waals surface area contributed by atoms with E-state index < -0.39 is 0 Å². The van der Waals surface area contributed by atoms with Crippen LogP contribution in [0.5, 0.6) is 5.75 Å². The van der Waals surface area contributed by atoms with E-state index in [1.54, 1.807) is 4.90 Å². The number of para-hydroxylation sites is 1. The highest BCUT2D eigenvalue weighted by atomic mass is 16.5. The van der Waals surface area contributed by atoms with Crippen molar-refractivity contribution in [2.75, 3.05) is 23.5 Å². The lowest BCUT2D eigenvalue weighted by Gasteiger charge is -2.22. The summed E-state index contributed by atoms with van der Waals surface area (Å²) in [6.45, 7) is 8.71. The van der Waals surface area contributed by atoms with Crippen LogP contribution in [0.1, 0.15) is 30.5 Å². The van der Waals surface area contributed by atoms with E-state index in [-0.39, 0.29) is 11.8 Å². The van der Waals surface area contributed by atoms with Gasteiger partial charge in [0.15, 0.2) is 0 Å². The summed E-state index contributed by atoms with van der Waals surface area (Å²) in [5.41, 5.74) is 4.80. The predicted octanol–water partition coefficient (Wildman–Crippen LogP) is 5.76. The molecule has 174 valence electrons. The number of imide groups is 1. The molecule has 0 aromatic heterocycles. The standard InChI is InChI=1S/C29H30N2O3/c1-19(2)18-34-24-14-12-22(13-15-24)26-27(30(5)23-9-7-6-8-10-23)29(33)31(28(26)32)25-16-11-20(3)17-21(25)4/h6-17,19H,18H2,1-5H3. The summed E-state index contributed by atoms with van der Waals surface area (Å²) in [4.78, 5) is 30.7. The summed E-state index contributed by atoms with van der Waals surface area (Å²) in [6.07, 6.45) is 0. The Hall–Kier alpha value is -3.86. The van der Waals surface area contributed by atoms with Gasteiger partial charge in [0, 0.05) is 12.7 Å². The van der Waals surface area contributed by atoms with Crippen LogP contribution in [0.15, 0.2) is 78.5 Å². The summed E-state index contributed by atoms with van der Waals surface area (Å²) < 4.78 is 5.81. The molecular weight excluding hydrogens is 424 g/mol. The minimum atomic E-state index is -0.335. The monoisotopic (exact) mass is 454 g/mol. The SMILES string of the molecule is Cc1ccc(N2C(=O)C(c3ccc(OCC(C)C)cc3)=C(N(C)c3ccccc3)C2=O)c(C)c1. The zero-order valence-corrected chi connectivity index (χ0v) is 20.3. The molecule has 2 amide bonds. The highest BCUT2D eigenvalue weighted by molar-refractivity contribution is 6.46. The van der Waals surface area contributed by atoms with Gasteiger partial charge in [0.1, 0.15) is 11.4 Å². The van der Waals surface area contributed by atoms with E-state index in [1.165, 1.54) is 4.90 Å². The van der Waals surface area contributed by atoms with Crippen molar-refractivity contribution < 1.29 is 14.3 Å². The van der Waals surface area contributed by atoms with Crippen LogP contribution in [0.2, 0.25) is 0 Å². The summed E-state index contributed by atoms with van der Waals surface area (Å²) in [5.74, 6) is 0.483. The van der Waals surface area contributed by atoms with Gasteiger partial charge in [0.05, 0.1) is 17.9 Å². The van der Waals surface area contributed by atoms with E-state index in [9.17, 15) is 9.59 Å². The van der Waals surface area contributed by atoms with Gasteiger partial charge in [-0.25, -0.2) is 4.90 Å². The zero-order valence-electron chi connectivity index (χ0n) is 20.3. The molecule has 1 aliphatic rings. The van der Waals surface area contributed by atoms with E-state index >= 15 is 0 Å². The van der Waals surface area contributed by atoms with Crippen molar-refractivity contribution in [2.24, 2.45) is 5.92 Å². The van der Waals surface area contributed by atoms with Gasteiger partial charge >= 0.3 is 0 Å². The van der Waals surface area contributed by atoms with Gasteiger partial charge in [-0.15, -0.1) is 0 Å². The Morgan fingerprint density at radius 3 is 2.18 bits per heavy atom. The van der Waals surface area contributed by atoms with Gasteiger partial charge < -0.3 is 9.64 Å². The van der Waals surface area contributed by atoms with Crippen molar-refractivity contribution >= 4 is 28.8 Å². The first-order chi connectivity index (χ1) is 16.3. The van der Waals surface area contributed by atoms with Crippen molar-refractivity contribution in [1.29, 1.82) is 0 Å². The number of nitrogens with zero attached hydrogens (tertiary/aromatic N) is 2. The number of rotatable bonds is 7. The molecule has 1 aliphatic heterocycles. The lowest BCUT2D eigenvalue weighted by Crippen LogP contribution is -2.34. The van der Waals surface area contributed by atoms with E-state index in [1.807, 2.05) is 93.7 Å². The third-order valence-electron chi connectivity index (χ3n) is 5.86. The van der Waals surface area contributed by atoms with Crippen molar-refractivity contribution in [1.82, 2.24) is 0 Å². The minimum Gasteiger partial charge on any atom is -0.493 e. The Morgan fingerprint density at radius 2 is 1.56 bits per heavy atom. The van der Waals surface area contributed by atoms with Gasteiger partial charge in [-0.1, -0.05) is 61.9 Å². The largest absolute Gasteiger partial charge is 0.493 e. The molecule has 1 heterocycles. The van der Waals surface area contributed by atoms with Crippen LogP contribution in [0.25, 0.3) is 5.57 Å². The number of ether oxygens (including phenoxy) is 1. The van der Waals surface area contributed by atoms with Crippen molar-refractivity contribution in [3.8, 4) is 5.75 Å². The van der Waals surface area contributed by atoms with Crippen LogP contribution in [-0.2, 0) is 9.59 Å². The van der Waals surface area contributed by atoms with Crippen LogP contribution >= 0.6 is 0 Å². The van der Waals surface area contributed by atoms with Crippen LogP contribution in [-0.4, -0.2) is 25.5 Å². The summed E-state index contributed by atoms with van der Waals surface area (Å²) in [6, 6.07) is 22.7. The lowest BCUT2D eigenvalue weighted by atomic mass is 10.0. The highest BCUT2D eigenvalue weighted by Crippen LogP contribution is 2.37. The van der Waals surface area contributed by atoms with E-state index in [4.69, 9.17) is 4.74 Å². The first-order valence-electron chi connectivity index (χ1n) is 11.5. The first-order valence-corrected chi connectivity index (χ1v) is 11.5. The molecule has 34 heavy (non-hydrogen) atoms. The highest BCUT2D eigenvalue weighted by Gasteiger charge is 2.42. The Labute approximate surface area is 201 Å². The summed E-state index contributed by atoms with van der Waals surface area (Å²) >= 11 is 0. The molecule has 5 nitrogen and oxygen atoms in total. The molecule has 0 radical (unpaired) electrons. The second-order valence-electron chi connectivity index (χ2n) is 9.08. The van der Waals surface area contributed by atoms with Crippen molar-refractivity contribution in [2.45, 2.75) is 27.7 Å². The number of hydrogen-bond donors (Lipinski definition) is 0. The van der Waals surface area contributed by atoms with Gasteiger partial charge in [0.2, 0.25) is 0 Å². The molecule has 0 aliphatic carbocycles. The maximum Gasteiger partial charge on any atom is 0.282 e. The molecule has 0 fully saturated rings. The molecule has 0 bridgehead atoms. The maximum absolute atomic E-state index is 13.8. The third-order valence-corrected chi connectivity index (χ3v) is 5.86. The van der Waals surface area contributed by atoms with Crippen LogP contribution in [0.3, 0.4) is 0 Å². The van der Waals surface area contributed by atoms with Crippen molar-refractivity contribution in [3.63, 3.8) is 0 Å². The fourth-order valence-electron chi connectivity index (χ4n) is 4.13. The number of benzene rings is 3. The number of carbonyl (C=O) groups is 2. The number of carbonyl (C=O) groups excluding carboxylic acids is 2. The second-order valence-corrected chi connectivity index (χ2v) is 9.08. The minimum absolute atomic E-state index is 0.328. The molecule has 5 heteroatoms. The quantitative estimate of drug-likeness (QED) is 0.426. The molecule has 0 unspecified atom stereocenters. The normalized spacial score (nSPS) is 13.8. The molecule has 4 rings (SSSR count). The van der Waals surface area contributed by atoms with Crippen LogP contribution < -0.4 is 14.5 Å². The van der Waals surface area contributed by atoms with Gasteiger partial charge in [-0.05, 0) is 61.2 Å². The number of likely N-dealkylation sites (N-methyl/N-ethyl adjacent to an activating group) is 1. The van der Waals surface area contributed by atoms with E-state index in [2.05, 4.69) is 13.8 Å². The number of anilines is 2. The molecule has 0 spiro atoms. The average Bonchev–Trinajstić information content (AvgIpc) is 3.08. The second kappa shape index (κ2) is 9.56. The molecule has 0 N–H and O–H groups in total. The summed E-state index contributed by atoms with van der Waals surface area (Å²) in [7, 11) is 1.82.